The standard InChI is InChI=1S/C24H27N7/c1-15(2)31-14-28-20-21(25)29-23(30-22(20)31)24(8-4-10-26-13-24)9-7-17-12-27-19-6-5-16(3)11-18(17)19/h4-6,8,10-12,14-15,27H,7,9,13H2,1-3H3,(H2,25,29,30). The van der Waals surface area contributed by atoms with Crippen LogP contribution in [-0.4, -0.2) is 37.3 Å². The van der Waals surface area contributed by atoms with Crippen molar-refractivity contribution >= 4 is 34.1 Å². The van der Waals surface area contributed by atoms with Crippen LogP contribution in [0.1, 0.15) is 43.3 Å². The Morgan fingerprint density at radius 2 is 2.13 bits per heavy atom. The molecule has 0 saturated carbocycles. The first kappa shape index (κ1) is 19.5. The van der Waals surface area contributed by atoms with Crippen molar-refractivity contribution in [2.45, 2.75) is 45.1 Å². The first-order chi connectivity index (χ1) is 15.0. The number of hydrogen-bond donors (Lipinski definition) is 2. The summed E-state index contributed by atoms with van der Waals surface area (Å²) in [7, 11) is 0. The fourth-order valence-electron chi connectivity index (χ4n) is 4.37. The zero-order valence-corrected chi connectivity index (χ0v) is 18.1. The number of nitrogens with two attached hydrogens (primary N) is 1. The third-order valence-corrected chi connectivity index (χ3v) is 6.19. The number of dihydropyridines is 1. The number of nitrogens with one attached hydrogen (secondary N) is 1. The van der Waals surface area contributed by atoms with Crippen LogP contribution in [0.2, 0.25) is 0 Å². The highest BCUT2D eigenvalue weighted by atomic mass is 15.2. The Labute approximate surface area is 181 Å². The first-order valence-electron chi connectivity index (χ1n) is 10.7. The van der Waals surface area contributed by atoms with Crippen LogP contribution in [0.25, 0.3) is 22.1 Å². The second-order valence-electron chi connectivity index (χ2n) is 8.72. The molecule has 0 amide bonds. The summed E-state index contributed by atoms with van der Waals surface area (Å²) in [4.78, 5) is 22.1. The summed E-state index contributed by atoms with van der Waals surface area (Å²) in [6, 6.07) is 6.74. The number of aromatic amines is 1. The molecule has 4 aromatic rings. The molecule has 0 bridgehead atoms. The molecule has 1 aliphatic heterocycles. The third-order valence-electron chi connectivity index (χ3n) is 6.19. The fraction of sp³-hybridized carbons (Fsp3) is 0.333. The van der Waals surface area contributed by atoms with Gasteiger partial charge in [-0.1, -0.05) is 17.7 Å². The molecule has 3 aromatic heterocycles. The lowest BCUT2D eigenvalue weighted by Crippen LogP contribution is -2.33. The van der Waals surface area contributed by atoms with Crippen molar-refractivity contribution < 1.29 is 0 Å². The maximum absolute atomic E-state index is 6.32. The van der Waals surface area contributed by atoms with E-state index in [-0.39, 0.29) is 6.04 Å². The zero-order chi connectivity index (χ0) is 21.6. The van der Waals surface area contributed by atoms with Gasteiger partial charge in [0.1, 0.15) is 11.3 Å². The van der Waals surface area contributed by atoms with Gasteiger partial charge in [-0.15, -0.1) is 0 Å². The van der Waals surface area contributed by atoms with E-state index in [2.05, 4.69) is 66.2 Å². The molecule has 1 aromatic carbocycles. The van der Waals surface area contributed by atoms with E-state index < -0.39 is 5.41 Å². The maximum Gasteiger partial charge on any atom is 0.166 e. The van der Waals surface area contributed by atoms with E-state index in [1.807, 2.05) is 16.9 Å². The summed E-state index contributed by atoms with van der Waals surface area (Å²) in [5.41, 5.74) is 11.1. The van der Waals surface area contributed by atoms with Gasteiger partial charge >= 0.3 is 0 Å². The summed E-state index contributed by atoms with van der Waals surface area (Å²) in [5, 5.41) is 1.27. The van der Waals surface area contributed by atoms with Gasteiger partial charge < -0.3 is 15.3 Å². The lowest BCUT2D eigenvalue weighted by molar-refractivity contribution is 0.472. The van der Waals surface area contributed by atoms with Crippen molar-refractivity contribution in [3.8, 4) is 0 Å². The lowest BCUT2D eigenvalue weighted by Gasteiger charge is -2.29. The number of H-pyrrole nitrogens is 1. The molecule has 5 rings (SSSR count). The normalized spacial score (nSPS) is 18.6. The van der Waals surface area contributed by atoms with Crippen molar-refractivity contribution in [1.82, 2.24) is 24.5 Å². The van der Waals surface area contributed by atoms with Gasteiger partial charge in [-0.05, 0) is 57.4 Å². The van der Waals surface area contributed by atoms with Crippen LogP contribution in [0.15, 0.2) is 47.9 Å². The number of nitrogens with zero attached hydrogens (tertiary/aromatic N) is 5. The predicted molar refractivity (Wildman–Crippen MR) is 126 cm³/mol. The molecule has 7 nitrogen and oxygen atoms in total. The quantitative estimate of drug-likeness (QED) is 0.510. The topological polar surface area (TPSA) is 97.8 Å². The molecule has 3 N–H and O–H groups in total. The van der Waals surface area contributed by atoms with E-state index >= 15 is 0 Å². The zero-order valence-electron chi connectivity index (χ0n) is 18.1. The van der Waals surface area contributed by atoms with Crippen molar-refractivity contribution in [3.63, 3.8) is 0 Å². The Hall–Kier alpha value is -3.48. The SMILES string of the molecule is Cc1ccc2[nH]cc(CCC3(c4nc(N)c5ncn(C(C)C)c5n4)C=CC=NC3)c2c1. The summed E-state index contributed by atoms with van der Waals surface area (Å²) in [6.45, 7) is 6.95. The van der Waals surface area contributed by atoms with Crippen molar-refractivity contribution in [2.24, 2.45) is 4.99 Å². The van der Waals surface area contributed by atoms with E-state index in [0.29, 0.717) is 23.7 Å². The molecule has 1 atom stereocenters. The van der Waals surface area contributed by atoms with Gasteiger partial charge in [0.2, 0.25) is 0 Å². The summed E-state index contributed by atoms with van der Waals surface area (Å²) in [6.07, 6.45) is 11.6. The number of benzene rings is 1. The second-order valence-corrected chi connectivity index (χ2v) is 8.72. The summed E-state index contributed by atoms with van der Waals surface area (Å²) in [5.74, 6) is 1.13. The number of rotatable bonds is 5. The van der Waals surface area contributed by atoms with Crippen LogP contribution < -0.4 is 5.73 Å². The summed E-state index contributed by atoms with van der Waals surface area (Å²) >= 11 is 0. The number of aryl methyl sites for hydroxylation is 2. The average molecular weight is 414 g/mol. The van der Waals surface area contributed by atoms with E-state index in [1.54, 1.807) is 6.33 Å². The largest absolute Gasteiger partial charge is 0.382 e. The van der Waals surface area contributed by atoms with E-state index in [9.17, 15) is 0 Å². The van der Waals surface area contributed by atoms with Gasteiger partial charge in [-0.2, -0.15) is 0 Å². The Balaban J connectivity index is 1.56. The highest BCUT2D eigenvalue weighted by Gasteiger charge is 2.35. The highest BCUT2D eigenvalue weighted by Crippen LogP contribution is 2.34. The molecule has 0 fully saturated rings. The fourth-order valence-corrected chi connectivity index (χ4v) is 4.37. The molecule has 0 radical (unpaired) electrons. The van der Waals surface area contributed by atoms with Gasteiger partial charge in [-0.3, -0.25) is 4.99 Å². The molecule has 158 valence electrons. The average Bonchev–Trinajstić information content (AvgIpc) is 3.37. The molecule has 0 spiro atoms. The number of allylic oxidation sites excluding steroid dienone is 1. The second kappa shape index (κ2) is 7.34. The van der Waals surface area contributed by atoms with Crippen LogP contribution in [-0.2, 0) is 11.8 Å². The van der Waals surface area contributed by atoms with Gasteiger partial charge in [0.15, 0.2) is 11.5 Å². The number of hydrogen-bond acceptors (Lipinski definition) is 5. The first-order valence-corrected chi connectivity index (χ1v) is 10.7. The van der Waals surface area contributed by atoms with Crippen LogP contribution in [0.4, 0.5) is 5.82 Å². The Morgan fingerprint density at radius 1 is 1.26 bits per heavy atom. The smallest absolute Gasteiger partial charge is 0.166 e. The molecule has 1 unspecified atom stereocenters. The van der Waals surface area contributed by atoms with Crippen molar-refractivity contribution in [2.75, 3.05) is 12.3 Å². The van der Waals surface area contributed by atoms with Crippen molar-refractivity contribution in [1.29, 1.82) is 0 Å². The molecular weight excluding hydrogens is 386 g/mol. The minimum Gasteiger partial charge on any atom is -0.382 e. The maximum atomic E-state index is 6.32. The number of anilines is 1. The number of aromatic nitrogens is 5. The lowest BCUT2D eigenvalue weighted by atomic mass is 9.79. The Kier molecular flexibility index (Phi) is 4.61. The van der Waals surface area contributed by atoms with Crippen LogP contribution >= 0.6 is 0 Å². The highest BCUT2D eigenvalue weighted by molar-refractivity contribution is 5.84. The number of nitrogen functional groups attached to an aromatic ring is 1. The van der Waals surface area contributed by atoms with E-state index in [4.69, 9.17) is 15.7 Å². The molecule has 0 saturated heterocycles. The predicted octanol–water partition coefficient (Wildman–Crippen LogP) is 4.29. The van der Waals surface area contributed by atoms with E-state index in [0.717, 1.165) is 24.0 Å². The van der Waals surface area contributed by atoms with Crippen LogP contribution in [0, 0.1) is 6.92 Å². The third kappa shape index (κ3) is 3.30. The number of aliphatic imine (C=N–C) groups is 1. The van der Waals surface area contributed by atoms with Gasteiger partial charge in [0.25, 0.3) is 0 Å². The van der Waals surface area contributed by atoms with Crippen LogP contribution in [0.3, 0.4) is 0 Å². The Bertz CT molecular complexity index is 1320. The number of fused-ring (bicyclic) bond motifs is 2. The minimum absolute atomic E-state index is 0.234. The van der Waals surface area contributed by atoms with Crippen molar-refractivity contribution in [3.05, 3.63) is 59.8 Å². The van der Waals surface area contributed by atoms with Crippen LogP contribution in [0.5, 0.6) is 0 Å². The van der Waals surface area contributed by atoms with Gasteiger partial charge in [-0.25, -0.2) is 15.0 Å². The molecule has 1 aliphatic rings. The molecule has 0 aliphatic carbocycles. The monoisotopic (exact) mass is 413 g/mol. The van der Waals surface area contributed by atoms with E-state index in [1.165, 1.54) is 16.5 Å². The van der Waals surface area contributed by atoms with Gasteiger partial charge in [0, 0.05) is 29.4 Å². The van der Waals surface area contributed by atoms with Gasteiger partial charge in [0.05, 0.1) is 18.3 Å². The molecular formula is C24H27N7. The molecule has 31 heavy (non-hydrogen) atoms. The summed E-state index contributed by atoms with van der Waals surface area (Å²) < 4.78 is 2.04. The molecule has 7 heteroatoms. The molecule has 4 heterocycles. The number of imidazole rings is 1. The Morgan fingerprint density at radius 3 is 2.90 bits per heavy atom. The minimum atomic E-state index is -0.406.